The van der Waals surface area contributed by atoms with Crippen LogP contribution in [-0.4, -0.2) is 15.5 Å². The molecule has 0 N–H and O–H groups in total. The topological polar surface area (TPSA) is 44.1 Å². The highest BCUT2D eigenvalue weighted by Crippen LogP contribution is 2.34. The first kappa shape index (κ1) is 16.8. The molecule has 0 aliphatic carbocycles. The van der Waals surface area contributed by atoms with E-state index in [2.05, 4.69) is 4.98 Å². The van der Waals surface area contributed by atoms with E-state index in [1.54, 1.807) is 35.4 Å². The Bertz CT molecular complexity index is 585. The van der Waals surface area contributed by atoms with Gasteiger partial charge in [0, 0.05) is 23.8 Å². The van der Waals surface area contributed by atoms with E-state index in [1.807, 2.05) is 19.1 Å². The van der Waals surface area contributed by atoms with Gasteiger partial charge in [0.15, 0.2) is 6.10 Å². The molecule has 2 aromatic rings. The highest BCUT2D eigenvalue weighted by Gasteiger charge is 2.26. The molecule has 0 aliphatic heterocycles. The first-order valence-electron chi connectivity index (χ1n) is 7.18. The molecule has 118 valence electrons. The number of carbonyl (C=O) groups is 1. The largest absolute Gasteiger partial charge is 0.454 e. The van der Waals surface area contributed by atoms with Gasteiger partial charge in [-0.25, -0.2) is 4.98 Å². The maximum absolute atomic E-state index is 12.0. The minimum atomic E-state index is -0.600. The van der Waals surface area contributed by atoms with Crippen LogP contribution in [0, 0.1) is 0 Å². The number of nitrogens with zero attached hydrogens (tertiary/aromatic N) is 2. The molecule has 6 heteroatoms. The maximum Gasteiger partial charge on any atom is 0.306 e. The minimum absolute atomic E-state index is 0.257. The zero-order valence-electron chi connectivity index (χ0n) is 12.3. The van der Waals surface area contributed by atoms with Gasteiger partial charge in [-0.05, 0) is 24.1 Å². The summed E-state index contributed by atoms with van der Waals surface area (Å²) in [4.78, 5) is 16.0. The number of aromatic nitrogens is 2. The predicted octanol–water partition coefficient (Wildman–Crippen LogP) is 4.75. The number of benzene rings is 1. The molecule has 22 heavy (non-hydrogen) atoms. The number of carbonyl (C=O) groups excluding carboxylic acids is 1. The molecule has 0 bridgehead atoms. The second-order valence-corrected chi connectivity index (χ2v) is 5.83. The summed E-state index contributed by atoms with van der Waals surface area (Å²) in [5.41, 5.74) is 0.220. The number of unbranched alkanes of at least 4 members (excludes halogenated alkanes) is 1. The number of alkyl halides is 1. The van der Waals surface area contributed by atoms with Crippen molar-refractivity contribution in [3.8, 4) is 0 Å². The average Bonchev–Trinajstić information content (AvgIpc) is 3.05. The van der Waals surface area contributed by atoms with Gasteiger partial charge in [0.05, 0.1) is 6.33 Å². The molecule has 4 nitrogen and oxygen atoms in total. The van der Waals surface area contributed by atoms with Crippen LogP contribution in [0.1, 0.15) is 43.4 Å². The van der Waals surface area contributed by atoms with Crippen molar-refractivity contribution in [2.75, 3.05) is 0 Å². The molecule has 1 heterocycles. The number of rotatable bonds is 7. The molecule has 0 radical (unpaired) electrons. The van der Waals surface area contributed by atoms with Crippen molar-refractivity contribution in [2.24, 2.45) is 0 Å². The van der Waals surface area contributed by atoms with Crippen molar-refractivity contribution in [1.29, 1.82) is 0 Å². The quantitative estimate of drug-likeness (QED) is 0.539. The standard InChI is InChI=1S/C16H18Cl2N2O2/c1-2-3-4-14(21)22-15(12-5-7-13(17)8-6-12)16(18)20-10-9-19-11-20/h5-11,15-16H,2-4H2,1H3. The van der Waals surface area contributed by atoms with Crippen molar-refractivity contribution in [1.82, 2.24) is 9.55 Å². The fourth-order valence-electron chi connectivity index (χ4n) is 2.03. The second kappa shape index (κ2) is 8.20. The molecule has 2 atom stereocenters. The van der Waals surface area contributed by atoms with Crippen LogP contribution in [0.3, 0.4) is 0 Å². The van der Waals surface area contributed by atoms with E-state index >= 15 is 0 Å². The lowest BCUT2D eigenvalue weighted by atomic mass is 10.1. The first-order chi connectivity index (χ1) is 10.6. The summed E-state index contributed by atoms with van der Waals surface area (Å²) in [6, 6.07) is 7.13. The summed E-state index contributed by atoms with van der Waals surface area (Å²) in [5.74, 6) is -0.257. The van der Waals surface area contributed by atoms with E-state index in [1.165, 1.54) is 0 Å². The monoisotopic (exact) mass is 340 g/mol. The fraction of sp³-hybridized carbons (Fsp3) is 0.375. The van der Waals surface area contributed by atoms with Crippen molar-refractivity contribution in [3.63, 3.8) is 0 Å². The Kier molecular flexibility index (Phi) is 6.28. The van der Waals surface area contributed by atoms with Crippen LogP contribution in [0.5, 0.6) is 0 Å². The first-order valence-corrected chi connectivity index (χ1v) is 7.99. The van der Waals surface area contributed by atoms with Crippen LogP contribution in [0.25, 0.3) is 0 Å². The van der Waals surface area contributed by atoms with Gasteiger partial charge in [-0.1, -0.05) is 48.7 Å². The third kappa shape index (κ3) is 4.49. The Hall–Kier alpha value is -1.52. The summed E-state index contributed by atoms with van der Waals surface area (Å²) in [7, 11) is 0. The van der Waals surface area contributed by atoms with Crippen LogP contribution < -0.4 is 0 Å². The third-order valence-corrected chi connectivity index (χ3v) is 3.96. The summed E-state index contributed by atoms with van der Waals surface area (Å²) in [5, 5.41) is 0.619. The van der Waals surface area contributed by atoms with Gasteiger partial charge in [0.2, 0.25) is 0 Å². The number of hydrogen-bond donors (Lipinski definition) is 0. The summed E-state index contributed by atoms with van der Waals surface area (Å²) >= 11 is 12.4. The number of hydrogen-bond acceptors (Lipinski definition) is 3. The Balaban J connectivity index is 2.20. The van der Waals surface area contributed by atoms with Gasteiger partial charge in [-0.15, -0.1) is 0 Å². The Morgan fingerprint density at radius 3 is 2.68 bits per heavy atom. The lowest BCUT2D eigenvalue weighted by molar-refractivity contribution is -0.150. The van der Waals surface area contributed by atoms with Gasteiger partial charge in [-0.3, -0.25) is 4.79 Å². The van der Waals surface area contributed by atoms with Gasteiger partial charge in [0.25, 0.3) is 0 Å². The molecule has 0 spiro atoms. The fourth-order valence-corrected chi connectivity index (χ4v) is 2.47. The van der Waals surface area contributed by atoms with Crippen LogP contribution >= 0.6 is 23.2 Å². The van der Waals surface area contributed by atoms with Crippen LogP contribution in [0.4, 0.5) is 0 Å². The van der Waals surface area contributed by atoms with Crippen molar-refractivity contribution < 1.29 is 9.53 Å². The van der Waals surface area contributed by atoms with E-state index in [0.29, 0.717) is 11.4 Å². The van der Waals surface area contributed by atoms with E-state index in [4.69, 9.17) is 27.9 Å². The Labute approximate surface area is 140 Å². The third-order valence-electron chi connectivity index (χ3n) is 3.25. The SMILES string of the molecule is CCCCC(=O)OC(c1ccc(Cl)cc1)C(Cl)n1ccnc1. The predicted molar refractivity (Wildman–Crippen MR) is 86.9 cm³/mol. The number of esters is 1. The zero-order valence-corrected chi connectivity index (χ0v) is 13.8. The second-order valence-electron chi connectivity index (χ2n) is 4.95. The molecular weight excluding hydrogens is 323 g/mol. The number of ether oxygens (including phenoxy) is 1. The molecule has 2 rings (SSSR count). The number of imidazole rings is 1. The Morgan fingerprint density at radius 1 is 1.36 bits per heavy atom. The smallest absolute Gasteiger partial charge is 0.306 e. The molecule has 0 saturated heterocycles. The summed E-state index contributed by atoms with van der Waals surface area (Å²) in [6.07, 6.45) is 6.48. The lowest BCUT2D eigenvalue weighted by Crippen LogP contribution is -2.19. The molecule has 0 aliphatic rings. The molecule has 2 unspecified atom stereocenters. The average molecular weight is 341 g/mol. The minimum Gasteiger partial charge on any atom is -0.454 e. The lowest BCUT2D eigenvalue weighted by Gasteiger charge is -2.24. The number of halogens is 2. The molecule has 1 aromatic carbocycles. The molecule has 1 aromatic heterocycles. The van der Waals surface area contributed by atoms with Crippen molar-refractivity contribution >= 4 is 29.2 Å². The Morgan fingerprint density at radius 2 is 2.09 bits per heavy atom. The van der Waals surface area contributed by atoms with Gasteiger partial charge in [0.1, 0.15) is 5.50 Å². The van der Waals surface area contributed by atoms with Crippen LogP contribution in [-0.2, 0) is 9.53 Å². The van der Waals surface area contributed by atoms with Crippen LogP contribution in [0.15, 0.2) is 43.0 Å². The highest BCUT2D eigenvalue weighted by molar-refractivity contribution is 6.30. The van der Waals surface area contributed by atoms with E-state index in [-0.39, 0.29) is 5.97 Å². The summed E-state index contributed by atoms with van der Waals surface area (Å²) in [6.45, 7) is 2.03. The van der Waals surface area contributed by atoms with Crippen LogP contribution in [0.2, 0.25) is 5.02 Å². The van der Waals surface area contributed by atoms with Crippen molar-refractivity contribution in [3.05, 3.63) is 53.6 Å². The van der Waals surface area contributed by atoms with Gasteiger partial charge >= 0.3 is 5.97 Å². The van der Waals surface area contributed by atoms with E-state index < -0.39 is 11.6 Å². The molecular formula is C16H18Cl2N2O2. The van der Waals surface area contributed by atoms with Gasteiger partial charge < -0.3 is 9.30 Å². The molecule has 0 saturated carbocycles. The van der Waals surface area contributed by atoms with E-state index in [9.17, 15) is 4.79 Å². The molecule has 0 amide bonds. The van der Waals surface area contributed by atoms with Crippen molar-refractivity contribution in [2.45, 2.75) is 37.8 Å². The highest BCUT2D eigenvalue weighted by atomic mass is 35.5. The van der Waals surface area contributed by atoms with Gasteiger partial charge in [-0.2, -0.15) is 0 Å². The summed E-state index contributed by atoms with van der Waals surface area (Å²) < 4.78 is 7.30. The molecule has 0 fully saturated rings. The van der Waals surface area contributed by atoms with E-state index in [0.717, 1.165) is 18.4 Å². The zero-order chi connectivity index (χ0) is 15.9. The maximum atomic E-state index is 12.0. The normalized spacial score (nSPS) is 13.6.